The van der Waals surface area contributed by atoms with E-state index in [1.807, 2.05) is 48.5 Å². The molecule has 0 aliphatic heterocycles. The van der Waals surface area contributed by atoms with Gasteiger partial charge in [-0.1, -0.05) is 24.3 Å². The summed E-state index contributed by atoms with van der Waals surface area (Å²) in [5.74, 6) is 1.65. The van der Waals surface area contributed by atoms with Gasteiger partial charge in [0, 0.05) is 0 Å². The molecule has 0 fully saturated rings. The quantitative estimate of drug-likeness (QED) is 0.294. The highest BCUT2D eigenvalue weighted by molar-refractivity contribution is 5.35. The third-order valence-electron chi connectivity index (χ3n) is 4.08. The van der Waals surface area contributed by atoms with Crippen LogP contribution in [0.15, 0.2) is 58.5 Å². The Hall–Kier alpha value is -3.20. The van der Waals surface area contributed by atoms with E-state index in [4.69, 9.17) is 9.47 Å². The molecule has 0 atom stereocenters. The number of benzene rings is 2. The van der Waals surface area contributed by atoms with Crippen LogP contribution in [0.1, 0.15) is 36.8 Å². The predicted octanol–water partition coefficient (Wildman–Crippen LogP) is 4.38. The zero-order valence-corrected chi connectivity index (χ0v) is 15.8. The Balaban J connectivity index is 1.51. The van der Waals surface area contributed by atoms with Crippen molar-refractivity contribution in [1.82, 2.24) is 0 Å². The molecule has 2 aromatic carbocycles. The van der Waals surface area contributed by atoms with Crippen molar-refractivity contribution >= 4 is 12.2 Å². The number of nitrogens with zero attached hydrogens (tertiary/aromatic N) is 2. The Bertz CT molecular complexity index is 721. The van der Waals surface area contributed by atoms with Crippen LogP contribution in [0.4, 0.5) is 0 Å². The average Bonchev–Trinajstić information content (AvgIpc) is 2.74. The van der Waals surface area contributed by atoms with Gasteiger partial charge < -0.3 is 9.47 Å². The fourth-order valence-corrected chi connectivity index (χ4v) is 2.57. The summed E-state index contributed by atoms with van der Waals surface area (Å²) < 4.78 is 11.4. The van der Waals surface area contributed by atoms with Gasteiger partial charge in [-0.15, -0.1) is 0 Å². The molecule has 0 aliphatic rings. The lowest BCUT2D eigenvalue weighted by atomic mass is 10.2. The Labute approximate surface area is 164 Å². The monoisotopic (exact) mass is 380 g/mol. The summed E-state index contributed by atoms with van der Waals surface area (Å²) in [6.07, 6.45) is 7.20. The van der Waals surface area contributed by atoms with E-state index in [9.17, 15) is 9.59 Å². The predicted molar refractivity (Wildman–Crippen MR) is 106 cm³/mol. The maximum atomic E-state index is 10.1. The molecule has 0 N–H and O–H groups in total. The lowest BCUT2D eigenvalue weighted by Crippen LogP contribution is -2.00. The topological polar surface area (TPSA) is 77.3 Å². The Morgan fingerprint density at radius 1 is 0.607 bits per heavy atom. The first kappa shape index (κ1) is 21.1. The molecule has 0 bridgehead atoms. The second kappa shape index (κ2) is 13.0. The van der Waals surface area contributed by atoms with Crippen LogP contribution in [0, 0.1) is 0 Å². The molecule has 2 rings (SSSR count). The van der Waals surface area contributed by atoms with Crippen molar-refractivity contribution in [2.75, 3.05) is 13.2 Å². The summed E-state index contributed by atoms with van der Waals surface area (Å²) in [7, 11) is 0. The molecule has 0 unspecified atom stereocenters. The molecule has 2 aromatic rings. The van der Waals surface area contributed by atoms with Crippen LogP contribution in [-0.4, -0.2) is 25.4 Å². The largest absolute Gasteiger partial charge is 0.494 e. The highest BCUT2D eigenvalue weighted by atomic mass is 16.5. The van der Waals surface area contributed by atoms with Gasteiger partial charge in [-0.05, 0) is 61.1 Å². The molecular formula is C22H24N2O4. The molecule has 0 heterocycles. The van der Waals surface area contributed by atoms with Crippen molar-refractivity contribution in [2.45, 2.75) is 38.8 Å². The summed E-state index contributed by atoms with van der Waals surface area (Å²) in [4.78, 5) is 27.3. The molecule has 0 aromatic heterocycles. The maximum Gasteiger partial charge on any atom is 0.235 e. The number of rotatable bonds is 13. The molecule has 6 nitrogen and oxygen atoms in total. The van der Waals surface area contributed by atoms with Crippen molar-refractivity contribution in [3.63, 3.8) is 0 Å². The minimum absolute atomic E-state index is 0.352. The number of isocyanates is 2. The number of unbranched alkanes of at least 4 members (excludes halogenated alkanes) is 3. The molecule has 0 saturated heterocycles. The Kier molecular flexibility index (Phi) is 9.83. The van der Waals surface area contributed by atoms with Gasteiger partial charge in [-0.25, -0.2) is 19.6 Å². The highest BCUT2D eigenvalue weighted by Gasteiger charge is 1.98. The smallest absolute Gasteiger partial charge is 0.235 e. The van der Waals surface area contributed by atoms with Crippen molar-refractivity contribution in [3.8, 4) is 11.5 Å². The van der Waals surface area contributed by atoms with Crippen LogP contribution < -0.4 is 9.47 Å². The van der Waals surface area contributed by atoms with Crippen LogP contribution >= 0.6 is 0 Å². The van der Waals surface area contributed by atoms with Crippen LogP contribution in [0.3, 0.4) is 0 Å². The third-order valence-corrected chi connectivity index (χ3v) is 4.08. The summed E-state index contributed by atoms with van der Waals surface area (Å²) in [5.41, 5.74) is 1.92. The van der Waals surface area contributed by atoms with Gasteiger partial charge in [-0.2, -0.15) is 0 Å². The van der Waals surface area contributed by atoms with Crippen LogP contribution in [-0.2, 0) is 22.7 Å². The molecule has 146 valence electrons. The number of hydrogen-bond acceptors (Lipinski definition) is 6. The first-order valence-electron chi connectivity index (χ1n) is 9.32. The Morgan fingerprint density at radius 3 is 1.36 bits per heavy atom. The number of aliphatic imine (C=N–C) groups is 2. The summed E-state index contributed by atoms with van der Waals surface area (Å²) in [6, 6.07) is 15.1. The molecule has 0 amide bonds. The highest BCUT2D eigenvalue weighted by Crippen LogP contribution is 2.15. The van der Waals surface area contributed by atoms with E-state index in [-0.39, 0.29) is 0 Å². The second-order valence-corrected chi connectivity index (χ2v) is 6.21. The molecule has 0 aliphatic carbocycles. The number of hydrogen-bond donors (Lipinski definition) is 0. The molecule has 0 radical (unpaired) electrons. The molecule has 0 saturated carbocycles. The van der Waals surface area contributed by atoms with E-state index in [1.165, 1.54) is 12.2 Å². The molecule has 0 spiro atoms. The standard InChI is InChI=1S/C22H24N2O4/c25-17-23-15-19-5-9-21(10-6-19)27-13-3-1-2-4-14-28-22-11-7-20(8-12-22)16-24-18-26/h5-12H,1-4,13-16H2. The molecular weight excluding hydrogens is 356 g/mol. The Morgan fingerprint density at radius 2 is 1.00 bits per heavy atom. The number of ether oxygens (including phenoxy) is 2. The van der Waals surface area contributed by atoms with Crippen molar-refractivity contribution < 1.29 is 19.1 Å². The van der Waals surface area contributed by atoms with Gasteiger partial charge in [0.1, 0.15) is 11.5 Å². The van der Waals surface area contributed by atoms with Gasteiger partial charge in [0.25, 0.3) is 0 Å². The van der Waals surface area contributed by atoms with E-state index in [0.717, 1.165) is 48.3 Å². The van der Waals surface area contributed by atoms with Crippen molar-refractivity contribution in [2.24, 2.45) is 9.98 Å². The van der Waals surface area contributed by atoms with E-state index < -0.39 is 0 Å². The summed E-state index contributed by atoms with van der Waals surface area (Å²) >= 11 is 0. The van der Waals surface area contributed by atoms with Gasteiger partial charge in [0.2, 0.25) is 12.2 Å². The fourth-order valence-electron chi connectivity index (χ4n) is 2.57. The zero-order chi connectivity index (χ0) is 19.9. The number of carbonyl (C=O) groups excluding carboxylic acids is 2. The van der Waals surface area contributed by atoms with Crippen LogP contribution in [0.25, 0.3) is 0 Å². The maximum absolute atomic E-state index is 10.1. The van der Waals surface area contributed by atoms with Crippen LogP contribution in [0.2, 0.25) is 0 Å². The normalized spacial score (nSPS) is 9.86. The first-order valence-corrected chi connectivity index (χ1v) is 9.32. The second-order valence-electron chi connectivity index (χ2n) is 6.21. The zero-order valence-electron chi connectivity index (χ0n) is 15.8. The fraction of sp³-hybridized carbons (Fsp3) is 0.364. The molecule has 6 heteroatoms. The summed E-state index contributed by atoms with van der Waals surface area (Å²) in [6.45, 7) is 2.06. The summed E-state index contributed by atoms with van der Waals surface area (Å²) in [5, 5.41) is 0. The van der Waals surface area contributed by atoms with Gasteiger partial charge in [0.15, 0.2) is 0 Å². The van der Waals surface area contributed by atoms with Gasteiger partial charge >= 0.3 is 0 Å². The van der Waals surface area contributed by atoms with Crippen molar-refractivity contribution in [3.05, 3.63) is 59.7 Å². The van der Waals surface area contributed by atoms with Crippen LogP contribution in [0.5, 0.6) is 11.5 Å². The van der Waals surface area contributed by atoms with E-state index in [1.54, 1.807) is 0 Å². The molecule has 28 heavy (non-hydrogen) atoms. The SMILES string of the molecule is O=C=NCc1ccc(OCCCCCCOc2ccc(CN=C=O)cc2)cc1. The average molecular weight is 380 g/mol. The van der Waals surface area contributed by atoms with E-state index in [0.29, 0.717) is 26.3 Å². The minimum atomic E-state index is 0.352. The van der Waals surface area contributed by atoms with E-state index in [2.05, 4.69) is 9.98 Å². The van der Waals surface area contributed by atoms with Gasteiger partial charge in [0.05, 0.1) is 26.3 Å². The first-order chi connectivity index (χ1) is 13.8. The third kappa shape index (κ3) is 8.45. The minimum Gasteiger partial charge on any atom is -0.494 e. The van der Waals surface area contributed by atoms with E-state index >= 15 is 0 Å². The lowest BCUT2D eigenvalue weighted by Gasteiger charge is -2.08. The van der Waals surface area contributed by atoms with Gasteiger partial charge in [-0.3, -0.25) is 0 Å². The van der Waals surface area contributed by atoms with Crippen molar-refractivity contribution in [1.29, 1.82) is 0 Å². The lowest BCUT2D eigenvalue weighted by molar-refractivity contribution is 0.287.